The third kappa shape index (κ3) is 4.63. The summed E-state index contributed by atoms with van der Waals surface area (Å²) < 4.78 is 11.7. The number of benzene rings is 2. The molecule has 0 aromatic heterocycles. The fourth-order valence-electron chi connectivity index (χ4n) is 3.57. The van der Waals surface area contributed by atoms with Gasteiger partial charge in [0.25, 0.3) is 0 Å². The van der Waals surface area contributed by atoms with Crippen LogP contribution in [0, 0.1) is 11.3 Å². The second-order valence-corrected chi connectivity index (χ2v) is 6.99. The Hall–Kier alpha value is -2.59. The van der Waals surface area contributed by atoms with Gasteiger partial charge in [0, 0.05) is 18.4 Å². The first-order valence-corrected chi connectivity index (χ1v) is 9.46. The van der Waals surface area contributed by atoms with E-state index in [-0.39, 0.29) is 12.4 Å². The minimum Gasteiger partial charge on any atom is -0.508 e. The number of aliphatic hydroxyl groups is 2. The van der Waals surface area contributed by atoms with Crippen molar-refractivity contribution in [2.24, 2.45) is 0 Å². The smallest absolute Gasteiger partial charge is 0.126 e. The van der Waals surface area contributed by atoms with Crippen LogP contribution in [0.3, 0.4) is 0 Å². The molecular weight excluding hydrogens is 358 g/mol. The van der Waals surface area contributed by atoms with Gasteiger partial charge in [-0.1, -0.05) is 12.1 Å². The fraction of sp³-hybridized carbons (Fsp3) is 0.409. The van der Waals surface area contributed by atoms with Crippen LogP contribution in [0.4, 0.5) is 0 Å². The Balaban J connectivity index is 1.99. The third-order valence-electron chi connectivity index (χ3n) is 4.92. The zero-order valence-corrected chi connectivity index (χ0v) is 15.8. The van der Waals surface area contributed by atoms with Crippen molar-refractivity contribution < 1.29 is 24.8 Å². The minimum absolute atomic E-state index is 0.159. The van der Waals surface area contributed by atoms with E-state index < -0.39 is 18.3 Å². The molecular formula is C22H25NO5. The zero-order chi connectivity index (χ0) is 20.1. The number of phenolic OH excluding ortho intramolecular Hbond substituents is 1. The predicted molar refractivity (Wildman–Crippen MR) is 103 cm³/mol. The van der Waals surface area contributed by atoms with E-state index in [4.69, 9.17) is 9.47 Å². The Morgan fingerprint density at radius 2 is 1.96 bits per heavy atom. The molecule has 1 aliphatic heterocycles. The van der Waals surface area contributed by atoms with Crippen LogP contribution in [-0.2, 0) is 11.2 Å². The lowest BCUT2D eigenvalue weighted by molar-refractivity contribution is -0.114. The van der Waals surface area contributed by atoms with Gasteiger partial charge in [0.2, 0.25) is 0 Å². The van der Waals surface area contributed by atoms with Crippen molar-refractivity contribution in [1.29, 1.82) is 5.26 Å². The highest BCUT2D eigenvalue weighted by Crippen LogP contribution is 2.38. The van der Waals surface area contributed by atoms with Crippen LogP contribution in [0.5, 0.6) is 11.5 Å². The Morgan fingerprint density at radius 1 is 1.21 bits per heavy atom. The van der Waals surface area contributed by atoms with E-state index >= 15 is 0 Å². The van der Waals surface area contributed by atoms with Crippen LogP contribution in [0.2, 0.25) is 0 Å². The van der Waals surface area contributed by atoms with Crippen LogP contribution in [0.25, 0.3) is 0 Å². The molecule has 3 N–H and O–H groups in total. The number of nitrogens with zero attached hydrogens (tertiary/aromatic N) is 1. The van der Waals surface area contributed by atoms with Crippen molar-refractivity contribution in [3.05, 3.63) is 58.7 Å². The summed E-state index contributed by atoms with van der Waals surface area (Å²) in [7, 11) is 0. The Kier molecular flexibility index (Phi) is 6.53. The number of hydrogen-bond acceptors (Lipinski definition) is 6. The van der Waals surface area contributed by atoms with Crippen LogP contribution in [0.15, 0.2) is 36.4 Å². The molecule has 0 aliphatic carbocycles. The van der Waals surface area contributed by atoms with E-state index in [0.29, 0.717) is 37.2 Å². The summed E-state index contributed by atoms with van der Waals surface area (Å²) >= 11 is 0. The summed E-state index contributed by atoms with van der Waals surface area (Å²) in [5.74, 6) is 0.751. The summed E-state index contributed by atoms with van der Waals surface area (Å²) in [6, 6.07) is 12.7. The average Bonchev–Trinajstić information content (AvgIpc) is 2.70. The normalized spacial score (nSPS) is 21.9. The monoisotopic (exact) mass is 383 g/mol. The van der Waals surface area contributed by atoms with Gasteiger partial charge in [-0.3, -0.25) is 0 Å². The number of nitriles is 1. The molecule has 3 unspecified atom stereocenters. The second-order valence-electron chi connectivity index (χ2n) is 6.99. The van der Waals surface area contributed by atoms with Gasteiger partial charge in [0.1, 0.15) is 11.5 Å². The lowest BCUT2D eigenvalue weighted by atomic mass is 9.91. The largest absolute Gasteiger partial charge is 0.508 e. The van der Waals surface area contributed by atoms with Gasteiger partial charge in [0.15, 0.2) is 0 Å². The summed E-state index contributed by atoms with van der Waals surface area (Å²) in [5, 5.41) is 38.7. The number of ether oxygens (including phenoxy) is 2. The maximum absolute atomic E-state index is 10.2. The summed E-state index contributed by atoms with van der Waals surface area (Å²) in [6.07, 6.45) is -0.106. The molecule has 6 nitrogen and oxygen atoms in total. The Morgan fingerprint density at radius 3 is 2.61 bits per heavy atom. The second kappa shape index (κ2) is 9.07. The fourth-order valence-corrected chi connectivity index (χ4v) is 3.57. The van der Waals surface area contributed by atoms with Crippen LogP contribution < -0.4 is 4.74 Å². The summed E-state index contributed by atoms with van der Waals surface area (Å²) in [4.78, 5) is 0. The highest BCUT2D eigenvalue weighted by Gasteiger charge is 2.31. The molecule has 2 aromatic rings. The van der Waals surface area contributed by atoms with Crippen LogP contribution in [-0.4, -0.2) is 40.7 Å². The van der Waals surface area contributed by atoms with Crippen molar-refractivity contribution in [3.63, 3.8) is 0 Å². The summed E-state index contributed by atoms with van der Waals surface area (Å²) in [6.45, 7) is 2.15. The van der Waals surface area contributed by atoms with Crippen LogP contribution in [0.1, 0.15) is 48.1 Å². The van der Waals surface area contributed by atoms with Gasteiger partial charge in [0.05, 0.1) is 43.2 Å². The molecule has 1 aliphatic rings. The van der Waals surface area contributed by atoms with E-state index in [9.17, 15) is 20.6 Å². The first-order chi connectivity index (χ1) is 13.5. The lowest BCUT2D eigenvalue weighted by Crippen LogP contribution is -2.33. The standard InChI is InChI=1S/C22H25NO5/c1-2-27-21-9-16(12-23)15(7-14-3-5-17(25)6-4-14)8-20(21)22-11-18(26)10-19(13-24)28-22/h3-6,8-9,18-19,22,24-26H,2,7,10-11,13H2,1H3. The number of aliphatic hydroxyl groups excluding tert-OH is 2. The molecule has 1 saturated heterocycles. The van der Waals surface area contributed by atoms with E-state index in [0.717, 1.165) is 16.7 Å². The molecule has 1 fully saturated rings. The molecule has 1 heterocycles. The molecule has 3 atom stereocenters. The third-order valence-corrected chi connectivity index (χ3v) is 4.92. The van der Waals surface area contributed by atoms with Crippen LogP contribution >= 0.6 is 0 Å². The number of rotatable bonds is 6. The van der Waals surface area contributed by atoms with Crippen molar-refractivity contribution in [1.82, 2.24) is 0 Å². The van der Waals surface area contributed by atoms with Gasteiger partial charge in [-0.15, -0.1) is 0 Å². The molecule has 148 valence electrons. The molecule has 0 bridgehead atoms. The van der Waals surface area contributed by atoms with Crippen molar-refractivity contribution in [3.8, 4) is 17.6 Å². The molecule has 0 amide bonds. The summed E-state index contributed by atoms with van der Waals surface area (Å²) in [5.41, 5.74) is 3.06. The molecule has 6 heteroatoms. The maximum atomic E-state index is 10.2. The van der Waals surface area contributed by atoms with Crippen molar-refractivity contribution >= 4 is 0 Å². The first kappa shape index (κ1) is 20.2. The molecule has 3 rings (SSSR count). The molecule has 0 spiro atoms. The molecule has 0 radical (unpaired) electrons. The highest BCUT2D eigenvalue weighted by atomic mass is 16.5. The van der Waals surface area contributed by atoms with E-state index in [1.165, 1.54) is 0 Å². The molecule has 0 saturated carbocycles. The quantitative estimate of drug-likeness (QED) is 0.709. The van der Waals surface area contributed by atoms with Crippen molar-refractivity contribution in [2.45, 2.75) is 44.5 Å². The zero-order valence-electron chi connectivity index (χ0n) is 15.8. The average molecular weight is 383 g/mol. The van der Waals surface area contributed by atoms with Gasteiger partial charge in [-0.2, -0.15) is 5.26 Å². The minimum atomic E-state index is -0.568. The van der Waals surface area contributed by atoms with Gasteiger partial charge >= 0.3 is 0 Å². The Labute approximate surface area is 164 Å². The number of aromatic hydroxyl groups is 1. The van der Waals surface area contributed by atoms with Crippen molar-refractivity contribution in [2.75, 3.05) is 13.2 Å². The number of hydrogen-bond donors (Lipinski definition) is 3. The topological polar surface area (TPSA) is 103 Å². The SMILES string of the molecule is CCOc1cc(C#N)c(Cc2ccc(O)cc2)cc1C1CC(O)CC(CO)O1. The van der Waals surface area contributed by atoms with E-state index in [1.807, 2.05) is 25.1 Å². The predicted octanol–water partition coefficient (Wildman–Crippen LogP) is 2.83. The molecule has 28 heavy (non-hydrogen) atoms. The highest BCUT2D eigenvalue weighted by molar-refractivity contribution is 5.51. The van der Waals surface area contributed by atoms with Gasteiger partial charge in [-0.05, 0) is 48.7 Å². The van der Waals surface area contributed by atoms with E-state index in [1.54, 1.807) is 18.2 Å². The first-order valence-electron chi connectivity index (χ1n) is 9.46. The maximum Gasteiger partial charge on any atom is 0.126 e. The number of phenols is 1. The van der Waals surface area contributed by atoms with Gasteiger partial charge < -0.3 is 24.8 Å². The lowest BCUT2D eigenvalue weighted by Gasteiger charge is -2.33. The Bertz CT molecular complexity index is 843. The van der Waals surface area contributed by atoms with E-state index in [2.05, 4.69) is 6.07 Å². The van der Waals surface area contributed by atoms with Gasteiger partial charge in [-0.25, -0.2) is 0 Å². The molecule has 2 aromatic carbocycles.